The lowest BCUT2D eigenvalue weighted by Crippen LogP contribution is -2.28. The molecule has 0 spiro atoms. The van der Waals surface area contributed by atoms with Gasteiger partial charge in [0.1, 0.15) is 5.82 Å². The number of hydrogen-bond acceptors (Lipinski definition) is 5. The van der Waals surface area contributed by atoms with E-state index in [4.69, 9.17) is 14.2 Å². The highest BCUT2D eigenvalue weighted by atomic mass is 19.1. The molecule has 26 heavy (non-hydrogen) atoms. The zero-order valence-electron chi connectivity index (χ0n) is 13.7. The topological polar surface area (TPSA) is 73.9 Å². The molecule has 6 nitrogen and oxygen atoms in total. The predicted molar refractivity (Wildman–Crippen MR) is 90.8 cm³/mol. The van der Waals surface area contributed by atoms with Gasteiger partial charge in [0.25, 0.3) is 5.91 Å². The molecule has 1 N–H and O–H groups in total. The monoisotopic (exact) mass is 357 g/mol. The molecule has 134 valence electrons. The van der Waals surface area contributed by atoms with Gasteiger partial charge in [0.15, 0.2) is 18.1 Å². The maximum atomic E-state index is 13.4. The normalized spacial score (nSPS) is 12.2. The van der Waals surface area contributed by atoms with Crippen LogP contribution in [0.25, 0.3) is 6.08 Å². The molecule has 0 saturated heterocycles. The quantitative estimate of drug-likeness (QED) is 0.635. The Bertz CT molecular complexity index is 850. The number of hydrogen-bond donors (Lipinski definition) is 1. The summed E-state index contributed by atoms with van der Waals surface area (Å²) < 4.78 is 28.7. The van der Waals surface area contributed by atoms with Crippen molar-refractivity contribution in [3.05, 3.63) is 65.5 Å². The van der Waals surface area contributed by atoms with Crippen LogP contribution in [0.15, 0.2) is 48.5 Å². The van der Waals surface area contributed by atoms with Gasteiger partial charge in [-0.1, -0.05) is 24.3 Å². The summed E-state index contributed by atoms with van der Waals surface area (Å²) in [7, 11) is 0. The minimum absolute atomic E-state index is 0.182. The van der Waals surface area contributed by atoms with E-state index in [2.05, 4.69) is 5.32 Å². The smallest absolute Gasteiger partial charge is 0.331 e. The van der Waals surface area contributed by atoms with Crippen molar-refractivity contribution in [1.29, 1.82) is 0 Å². The SMILES string of the molecule is O=C(COC(=O)/C=C/c1ccccc1F)NCc1ccc2c(c1)OCO2. The Balaban J connectivity index is 1.42. The predicted octanol–water partition coefficient (Wildman–Crippen LogP) is 2.43. The number of fused-ring (bicyclic) bond motifs is 1. The number of carbonyl (C=O) groups excluding carboxylic acids is 2. The summed E-state index contributed by atoms with van der Waals surface area (Å²) in [5.74, 6) is -0.336. The van der Waals surface area contributed by atoms with Gasteiger partial charge in [0, 0.05) is 18.2 Å². The zero-order chi connectivity index (χ0) is 18.4. The van der Waals surface area contributed by atoms with Crippen molar-refractivity contribution in [3.8, 4) is 11.5 Å². The van der Waals surface area contributed by atoms with Crippen molar-refractivity contribution in [2.24, 2.45) is 0 Å². The average Bonchev–Trinajstić information content (AvgIpc) is 3.12. The molecule has 1 heterocycles. The molecular formula is C19H16FNO5. The van der Waals surface area contributed by atoms with Crippen LogP contribution in [0.1, 0.15) is 11.1 Å². The van der Waals surface area contributed by atoms with Crippen LogP contribution < -0.4 is 14.8 Å². The van der Waals surface area contributed by atoms with Crippen LogP contribution in [0.3, 0.4) is 0 Å². The largest absolute Gasteiger partial charge is 0.454 e. The molecule has 7 heteroatoms. The summed E-state index contributed by atoms with van der Waals surface area (Å²) in [5.41, 5.74) is 1.09. The summed E-state index contributed by atoms with van der Waals surface area (Å²) >= 11 is 0. The van der Waals surface area contributed by atoms with Gasteiger partial charge in [-0.25, -0.2) is 9.18 Å². The first kappa shape index (κ1) is 17.5. The summed E-state index contributed by atoms with van der Waals surface area (Å²) in [6, 6.07) is 11.3. The first-order chi connectivity index (χ1) is 12.6. The molecule has 0 radical (unpaired) electrons. The molecule has 0 fully saturated rings. The molecular weight excluding hydrogens is 341 g/mol. The van der Waals surface area contributed by atoms with E-state index in [-0.39, 0.29) is 18.9 Å². The number of ether oxygens (including phenoxy) is 3. The maximum Gasteiger partial charge on any atom is 0.331 e. The molecule has 1 aliphatic rings. The number of carbonyl (C=O) groups is 2. The third kappa shape index (κ3) is 4.60. The number of esters is 1. The summed E-state index contributed by atoms with van der Waals surface area (Å²) in [4.78, 5) is 23.3. The van der Waals surface area contributed by atoms with E-state index >= 15 is 0 Å². The Kier molecular flexibility index (Phi) is 5.48. The van der Waals surface area contributed by atoms with E-state index in [9.17, 15) is 14.0 Å². The summed E-state index contributed by atoms with van der Waals surface area (Å²) in [6.07, 6.45) is 2.37. The Labute approximate surface area is 149 Å². The van der Waals surface area contributed by atoms with Crippen LogP contribution in [0, 0.1) is 5.82 Å². The Morgan fingerprint density at radius 3 is 2.81 bits per heavy atom. The molecule has 0 saturated carbocycles. The lowest BCUT2D eigenvalue weighted by atomic mass is 10.2. The van der Waals surface area contributed by atoms with Gasteiger partial charge in [-0.15, -0.1) is 0 Å². The van der Waals surface area contributed by atoms with Crippen molar-refractivity contribution < 1.29 is 28.2 Å². The molecule has 2 aromatic carbocycles. The van der Waals surface area contributed by atoms with E-state index in [1.807, 2.05) is 0 Å². The molecule has 3 rings (SSSR count). The van der Waals surface area contributed by atoms with Crippen LogP contribution in [-0.2, 0) is 20.9 Å². The third-order valence-electron chi connectivity index (χ3n) is 3.58. The summed E-state index contributed by atoms with van der Waals surface area (Å²) in [6.45, 7) is 0.0184. The van der Waals surface area contributed by atoms with Crippen molar-refractivity contribution in [3.63, 3.8) is 0 Å². The fraction of sp³-hybridized carbons (Fsp3) is 0.158. The van der Waals surface area contributed by atoms with Crippen molar-refractivity contribution in [2.45, 2.75) is 6.54 Å². The minimum Gasteiger partial charge on any atom is -0.454 e. The van der Waals surface area contributed by atoms with Crippen LogP contribution in [0.2, 0.25) is 0 Å². The average molecular weight is 357 g/mol. The molecule has 1 aliphatic heterocycles. The molecule has 1 amide bonds. The van der Waals surface area contributed by atoms with E-state index in [0.717, 1.165) is 11.6 Å². The molecule has 2 aromatic rings. The fourth-order valence-electron chi connectivity index (χ4n) is 2.26. The number of halogens is 1. The second-order valence-electron chi connectivity index (χ2n) is 5.43. The van der Waals surface area contributed by atoms with E-state index < -0.39 is 24.3 Å². The van der Waals surface area contributed by atoms with Crippen molar-refractivity contribution >= 4 is 18.0 Å². The number of nitrogens with one attached hydrogen (secondary N) is 1. The zero-order valence-corrected chi connectivity index (χ0v) is 13.7. The first-order valence-corrected chi connectivity index (χ1v) is 7.86. The highest BCUT2D eigenvalue weighted by Crippen LogP contribution is 2.32. The molecule has 0 unspecified atom stereocenters. The standard InChI is InChI=1S/C19H16FNO5/c20-15-4-2-1-3-14(15)6-8-19(23)24-11-18(22)21-10-13-5-7-16-17(9-13)26-12-25-16/h1-9H,10-12H2,(H,21,22)/b8-6+. The van der Waals surface area contributed by atoms with Crippen LogP contribution in [-0.4, -0.2) is 25.3 Å². The van der Waals surface area contributed by atoms with Crippen molar-refractivity contribution in [1.82, 2.24) is 5.32 Å². The number of amides is 1. The molecule has 0 atom stereocenters. The minimum atomic E-state index is -0.730. The van der Waals surface area contributed by atoms with Crippen molar-refractivity contribution in [2.75, 3.05) is 13.4 Å². The first-order valence-electron chi connectivity index (χ1n) is 7.86. The van der Waals surface area contributed by atoms with E-state index in [1.165, 1.54) is 18.2 Å². The van der Waals surface area contributed by atoms with Gasteiger partial charge in [-0.3, -0.25) is 4.79 Å². The van der Waals surface area contributed by atoms with Gasteiger partial charge in [0.2, 0.25) is 6.79 Å². The van der Waals surface area contributed by atoms with Gasteiger partial charge < -0.3 is 19.5 Å². The summed E-state index contributed by atoms with van der Waals surface area (Å²) in [5, 5.41) is 2.63. The number of rotatable bonds is 6. The van der Waals surface area contributed by atoms with E-state index in [0.29, 0.717) is 11.5 Å². The third-order valence-corrected chi connectivity index (χ3v) is 3.58. The highest BCUT2D eigenvalue weighted by Gasteiger charge is 2.13. The Hall–Kier alpha value is -3.35. The van der Waals surface area contributed by atoms with Gasteiger partial charge in [0.05, 0.1) is 0 Å². The Morgan fingerprint density at radius 1 is 1.15 bits per heavy atom. The van der Waals surface area contributed by atoms with Gasteiger partial charge >= 0.3 is 5.97 Å². The van der Waals surface area contributed by atoms with Gasteiger partial charge in [-0.2, -0.15) is 0 Å². The molecule has 0 aliphatic carbocycles. The van der Waals surface area contributed by atoms with Gasteiger partial charge in [-0.05, 0) is 29.8 Å². The highest BCUT2D eigenvalue weighted by molar-refractivity contribution is 5.89. The fourth-order valence-corrected chi connectivity index (χ4v) is 2.26. The molecule has 0 aromatic heterocycles. The lowest BCUT2D eigenvalue weighted by molar-refractivity contribution is -0.143. The number of benzene rings is 2. The lowest BCUT2D eigenvalue weighted by Gasteiger charge is -2.06. The van der Waals surface area contributed by atoms with E-state index in [1.54, 1.807) is 30.3 Å². The Morgan fingerprint density at radius 2 is 1.96 bits per heavy atom. The van der Waals surface area contributed by atoms with Crippen LogP contribution >= 0.6 is 0 Å². The van der Waals surface area contributed by atoms with Crippen LogP contribution in [0.5, 0.6) is 11.5 Å². The maximum absolute atomic E-state index is 13.4. The second kappa shape index (κ2) is 8.15. The molecule has 0 bridgehead atoms. The second-order valence-corrected chi connectivity index (χ2v) is 5.43. The van der Waals surface area contributed by atoms with Crippen LogP contribution in [0.4, 0.5) is 4.39 Å².